The molecular weight excluding hydrogens is 352 g/mol. The molecule has 0 radical (unpaired) electrons. The third-order valence-corrected chi connectivity index (χ3v) is 5.32. The van der Waals surface area contributed by atoms with E-state index in [9.17, 15) is 4.79 Å². The number of thiophene rings is 1. The third-order valence-electron chi connectivity index (χ3n) is 3.67. The number of hydrogen-bond acceptors (Lipinski definition) is 5. The fourth-order valence-corrected chi connectivity index (χ4v) is 3.78. The molecule has 2 aromatic heterocycles. The first-order valence-corrected chi connectivity index (χ1v) is 10.0. The van der Waals surface area contributed by atoms with Gasteiger partial charge >= 0.3 is 0 Å². The molecule has 0 saturated carbocycles. The van der Waals surface area contributed by atoms with Crippen molar-refractivity contribution in [3.63, 3.8) is 0 Å². The molecule has 6 heteroatoms. The smallest absolute Gasteiger partial charge is 0.226 e. The van der Waals surface area contributed by atoms with Crippen molar-refractivity contribution in [3.05, 3.63) is 52.7 Å². The molecule has 3 rings (SSSR count). The maximum absolute atomic E-state index is 12.0. The van der Waals surface area contributed by atoms with Crippen molar-refractivity contribution < 1.29 is 9.53 Å². The number of carbonyl (C=O) groups excluding carboxylic acids is 1. The van der Waals surface area contributed by atoms with Gasteiger partial charge in [0.15, 0.2) is 5.13 Å². The fourth-order valence-electron chi connectivity index (χ4n) is 2.29. The number of aryl methyl sites for hydroxylation is 1. The lowest BCUT2D eigenvalue weighted by Crippen LogP contribution is -2.12. The summed E-state index contributed by atoms with van der Waals surface area (Å²) < 4.78 is 5.67. The van der Waals surface area contributed by atoms with Gasteiger partial charge in [-0.2, -0.15) is 0 Å². The standard InChI is InChI=1S/C19H20N2O2S2/c1-2-14-7-9-15(10-8-14)23-11-3-6-18(22)21-19-20-16(13-25-19)17-5-4-12-24-17/h4-5,7-10,12-13H,2-3,6,11H2,1H3,(H,20,21,22). The Morgan fingerprint density at radius 3 is 2.76 bits per heavy atom. The van der Waals surface area contributed by atoms with Gasteiger partial charge in [0.25, 0.3) is 0 Å². The van der Waals surface area contributed by atoms with Crippen molar-refractivity contribution in [1.82, 2.24) is 4.98 Å². The summed E-state index contributed by atoms with van der Waals surface area (Å²) >= 11 is 3.09. The van der Waals surface area contributed by atoms with Gasteiger partial charge in [-0.15, -0.1) is 22.7 Å². The number of anilines is 1. The highest BCUT2D eigenvalue weighted by molar-refractivity contribution is 7.16. The number of nitrogens with zero attached hydrogens (tertiary/aromatic N) is 1. The van der Waals surface area contributed by atoms with Crippen LogP contribution < -0.4 is 10.1 Å². The molecule has 0 unspecified atom stereocenters. The van der Waals surface area contributed by atoms with Gasteiger partial charge in [0.1, 0.15) is 5.75 Å². The molecule has 1 amide bonds. The quantitative estimate of drug-likeness (QED) is 0.551. The van der Waals surface area contributed by atoms with E-state index in [0.29, 0.717) is 24.6 Å². The summed E-state index contributed by atoms with van der Waals surface area (Å²) in [5.74, 6) is 0.815. The van der Waals surface area contributed by atoms with Crippen molar-refractivity contribution in [3.8, 4) is 16.3 Å². The Labute approximate surface area is 155 Å². The van der Waals surface area contributed by atoms with Crippen LogP contribution in [0.25, 0.3) is 10.6 Å². The molecule has 130 valence electrons. The SMILES string of the molecule is CCc1ccc(OCCCC(=O)Nc2nc(-c3cccs3)cs2)cc1. The van der Waals surface area contributed by atoms with Crippen molar-refractivity contribution in [2.75, 3.05) is 11.9 Å². The van der Waals surface area contributed by atoms with Crippen molar-refractivity contribution in [2.24, 2.45) is 0 Å². The molecule has 25 heavy (non-hydrogen) atoms. The number of rotatable bonds is 8. The molecule has 1 N–H and O–H groups in total. The van der Waals surface area contributed by atoms with Gasteiger partial charge in [-0.05, 0) is 42.0 Å². The number of hydrogen-bond donors (Lipinski definition) is 1. The first-order chi connectivity index (χ1) is 12.2. The molecule has 0 aliphatic heterocycles. The zero-order valence-corrected chi connectivity index (χ0v) is 15.7. The van der Waals surface area contributed by atoms with Crippen LogP contribution in [0.3, 0.4) is 0 Å². The van der Waals surface area contributed by atoms with Crippen LogP contribution in [-0.4, -0.2) is 17.5 Å². The van der Waals surface area contributed by atoms with Crippen LogP contribution in [0.1, 0.15) is 25.3 Å². The summed E-state index contributed by atoms with van der Waals surface area (Å²) in [7, 11) is 0. The molecule has 0 fully saturated rings. The highest BCUT2D eigenvalue weighted by atomic mass is 32.1. The van der Waals surface area contributed by atoms with Crippen LogP contribution in [-0.2, 0) is 11.2 Å². The third kappa shape index (κ3) is 5.14. The largest absolute Gasteiger partial charge is 0.494 e. The molecule has 0 saturated heterocycles. The topological polar surface area (TPSA) is 51.2 Å². The minimum atomic E-state index is -0.0305. The van der Waals surface area contributed by atoms with E-state index in [0.717, 1.165) is 22.7 Å². The lowest BCUT2D eigenvalue weighted by molar-refractivity contribution is -0.116. The first-order valence-electron chi connectivity index (χ1n) is 8.25. The zero-order valence-electron chi connectivity index (χ0n) is 14.0. The highest BCUT2D eigenvalue weighted by Crippen LogP contribution is 2.28. The summed E-state index contributed by atoms with van der Waals surface area (Å²) in [6, 6.07) is 12.1. The number of nitrogens with one attached hydrogen (secondary N) is 1. The van der Waals surface area contributed by atoms with Crippen molar-refractivity contribution in [2.45, 2.75) is 26.2 Å². The molecular formula is C19H20N2O2S2. The second-order valence-electron chi connectivity index (χ2n) is 5.51. The van der Waals surface area contributed by atoms with Crippen LogP contribution in [0.5, 0.6) is 5.75 Å². The van der Waals surface area contributed by atoms with Crippen LogP contribution in [0.4, 0.5) is 5.13 Å². The van der Waals surface area contributed by atoms with Crippen LogP contribution in [0.15, 0.2) is 47.2 Å². The van der Waals surface area contributed by atoms with Gasteiger partial charge in [-0.25, -0.2) is 4.98 Å². The van der Waals surface area contributed by atoms with E-state index in [1.54, 1.807) is 11.3 Å². The van der Waals surface area contributed by atoms with E-state index in [-0.39, 0.29) is 5.91 Å². The molecule has 3 aromatic rings. The Morgan fingerprint density at radius 1 is 1.20 bits per heavy atom. The molecule has 4 nitrogen and oxygen atoms in total. The normalized spacial score (nSPS) is 10.6. The second kappa shape index (κ2) is 8.78. The molecule has 0 atom stereocenters. The molecule has 2 heterocycles. The van der Waals surface area contributed by atoms with Crippen LogP contribution in [0.2, 0.25) is 0 Å². The number of ether oxygens (including phenoxy) is 1. The van der Waals surface area contributed by atoms with Gasteiger partial charge < -0.3 is 10.1 Å². The molecule has 1 aromatic carbocycles. The molecule has 0 bridgehead atoms. The van der Waals surface area contributed by atoms with Gasteiger partial charge in [0.2, 0.25) is 5.91 Å². The average molecular weight is 373 g/mol. The number of amides is 1. The monoisotopic (exact) mass is 372 g/mol. The predicted octanol–water partition coefficient (Wildman–Crippen LogP) is 5.23. The predicted molar refractivity (Wildman–Crippen MR) is 105 cm³/mol. The Balaban J connectivity index is 1.39. The first kappa shape index (κ1) is 17.6. The summed E-state index contributed by atoms with van der Waals surface area (Å²) in [6.07, 6.45) is 2.11. The number of benzene rings is 1. The van der Waals surface area contributed by atoms with Gasteiger partial charge in [0.05, 0.1) is 17.2 Å². The molecule has 0 aliphatic carbocycles. The van der Waals surface area contributed by atoms with E-state index in [2.05, 4.69) is 29.4 Å². The Hall–Kier alpha value is -2.18. The number of thiazole rings is 1. The van der Waals surface area contributed by atoms with Crippen LogP contribution >= 0.6 is 22.7 Å². The summed E-state index contributed by atoms with van der Waals surface area (Å²) in [4.78, 5) is 17.6. The number of carbonyl (C=O) groups is 1. The highest BCUT2D eigenvalue weighted by Gasteiger charge is 2.08. The molecule has 0 aliphatic rings. The van der Waals surface area contributed by atoms with E-state index >= 15 is 0 Å². The second-order valence-corrected chi connectivity index (χ2v) is 7.32. The van der Waals surface area contributed by atoms with E-state index < -0.39 is 0 Å². The average Bonchev–Trinajstić information content (AvgIpc) is 3.31. The lowest BCUT2D eigenvalue weighted by Gasteiger charge is -2.06. The van der Waals surface area contributed by atoms with E-state index in [4.69, 9.17) is 4.74 Å². The summed E-state index contributed by atoms with van der Waals surface area (Å²) in [5, 5.41) is 7.48. The van der Waals surface area contributed by atoms with Crippen LogP contribution in [0, 0.1) is 0 Å². The van der Waals surface area contributed by atoms with E-state index in [1.165, 1.54) is 16.9 Å². The van der Waals surface area contributed by atoms with E-state index in [1.807, 2.05) is 35.0 Å². The Morgan fingerprint density at radius 2 is 2.04 bits per heavy atom. The lowest BCUT2D eigenvalue weighted by atomic mass is 10.2. The van der Waals surface area contributed by atoms with Gasteiger partial charge in [-0.3, -0.25) is 4.79 Å². The molecule has 0 spiro atoms. The Kier molecular flexibility index (Phi) is 6.19. The van der Waals surface area contributed by atoms with Crippen molar-refractivity contribution >= 4 is 33.7 Å². The van der Waals surface area contributed by atoms with Gasteiger partial charge in [0, 0.05) is 11.8 Å². The fraction of sp³-hybridized carbons (Fsp3) is 0.263. The summed E-state index contributed by atoms with van der Waals surface area (Å²) in [6.45, 7) is 2.65. The minimum Gasteiger partial charge on any atom is -0.494 e. The zero-order chi connectivity index (χ0) is 17.5. The van der Waals surface area contributed by atoms with Gasteiger partial charge in [-0.1, -0.05) is 25.1 Å². The Bertz CT molecular complexity index is 795. The van der Waals surface area contributed by atoms with Crippen molar-refractivity contribution in [1.29, 1.82) is 0 Å². The summed E-state index contributed by atoms with van der Waals surface area (Å²) in [5.41, 5.74) is 2.20. The maximum atomic E-state index is 12.0. The number of aromatic nitrogens is 1. The minimum absolute atomic E-state index is 0.0305. The maximum Gasteiger partial charge on any atom is 0.226 e.